The Bertz CT molecular complexity index is 836. The highest BCUT2D eigenvalue weighted by Gasteiger charge is 2.32. The van der Waals surface area contributed by atoms with Crippen molar-refractivity contribution in [1.29, 1.82) is 0 Å². The van der Waals surface area contributed by atoms with Gasteiger partial charge in [0.15, 0.2) is 0 Å². The quantitative estimate of drug-likeness (QED) is 0.761. The van der Waals surface area contributed by atoms with Crippen LogP contribution in [0.4, 0.5) is 0 Å². The number of aromatic nitrogens is 1. The van der Waals surface area contributed by atoms with Crippen LogP contribution in [0, 0.1) is 18.8 Å². The van der Waals surface area contributed by atoms with Crippen molar-refractivity contribution in [3.63, 3.8) is 0 Å². The van der Waals surface area contributed by atoms with Gasteiger partial charge in [-0.2, -0.15) is 0 Å². The molecular formula is C23H35ClN4O3. The fraction of sp³-hybridized carbons (Fsp3) is 0.696. The molecule has 1 atom stereocenters. The smallest absolute Gasteiger partial charge is 0.263 e. The fourth-order valence-corrected chi connectivity index (χ4v) is 5.11. The molecule has 1 unspecified atom stereocenters. The molecule has 1 N–H and O–H groups in total. The van der Waals surface area contributed by atoms with E-state index in [9.17, 15) is 14.4 Å². The number of nitrogens with one attached hydrogen (secondary N) is 1. The minimum atomic E-state index is -0.180. The van der Waals surface area contributed by atoms with Gasteiger partial charge in [-0.25, -0.2) is 0 Å². The summed E-state index contributed by atoms with van der Waals surface area (Å²) in [6.45, 7) is 7.28. The standard InChI is InChI=1S/C23H34N4O3.ClH/c1-17-6-12-27(16-18-5-4-9-24-15-18)23(30)20(17)22(29)26-13-7-19(8-14-26)21(28)25-10-2-3-11-25;/h6,12,18-19,24H,2-5,7-11,13-16H2,1H3;1H. The molecule has 0 bridgehead atoms. The number of carbonyl (C=O) groups is 2. The molecule has 3 fully saturated rings. The lowest BCUT2D eigenvalue weighted by Crippen LogP contribution is -2.45. The van der Waals surface area contributed by atoms with Crippen molar-refractivity contribution in [2.45, 2.75) is 52.0 Å². The van der Waals surface area contributed by atoms with E-state index in [4.69, 9.17) is 0 Å². The SMILES string of the molecule is Cc1ccn(CC2CCCNC2)c(=O)c1C(=O)N1CCC(C(=O)N2CCCC2)CC1.Cl. The fourth-order valence-electron chi connectivity index (χ4n) is 5.11. The van der Waals surface area contributed by atoms with Crippen LogP contribution in [0.15, 0.2) is 17.1 Å². The first kappa shape index (κ1) is 23.8. The van der Waals surface area contributed by atoms with E-state index in [1.54, 1.807) is 9.47 Å². The van der Waals surface area contributed by atoms with E-state index >= 15 is 0 Å². The molecule has 7 nitrogen and oxygen atoms in total. The third-order valence-corrected chi connectivity index (χ3v) is 6.99. The van der Waals surface area contributed by atoms with Crippen molar-refractivity contribution < 1.29 is 9.59 Å². The van der Waals surface area contributed by atoms with Crippen LogP contribution >= 0.6 is 12.4 Å². The highest BCUT2D eigenvalue weighted by Crippen LogP contribution is 2.23. The minimum absolute atomic E-state index is 0. The lowest BCUT2D eigenvalue weighted by Gasteiger charge is -2.33. The maximum Gasteiger partial charge on any atom is 0.263 e. The maximum absolute atomic E-state index is 13.2. The Labute approximate surface area is 190 Å². The van der Waals surface area contributed by atoms with E-state index in [2.05, 4.69) is 5.32 Å². The van der Waals surface area contributed by atoms with Crippen LogP contribution in [-0.4, -0.2) is 65.4 Å². The van der Waals surface area contributed by atoms with Crippen molar-refractivity contribution >= 4 is 24.2 Å². The number of hydrogen-bond acceptors (Lipinski definition) is 4. The molecule has 1 aromatic heterocycles. The third kappa shape index (κ3) is 5.32. The number of rotatable bonds is 4. The van der Waals surface area contributed by atoms with E-state index in [1.165, 1.54) is 0 Å². The van der Waals surface area contributed by atoms with Gasteiger partial charge in [-0.3, -0.25) is 14.4 Å². The molecule has 0 spiro atoms. The van der Waals surface area contributed by atoms with Crippen molar-refractivity contribution in [2.24, 2.45) is 11.8 Å². The molecule has 4 heterocycles. The molecule has 8 heteroatoms. The van der Waals surface area contributed by atoms with Gasteiger partial charge in [0, 0.05) is 44.8 Å². The maximum atomic E-state index is 13.2. The average molecular weight is 451 g/mol. The first-order valence-corrected chi connectivity index (χ1v) is 11.5. The number of amides is 2. The predicted molar refractivity (Wildman–Crippen MR) is 123 cm³/mol. The van der Waals surface area contributed by atoms with Crippen LogP contribution in [0.2, 0.25) is 0 Å². The number of carbonyl (C=O) groups excluding carboxylic acids is 2. The monoisotopic (exact) mass is 450 g/mol. The van der Waals surface area contributed by atoms with Crippen LogP contribution in [0.5, 0.6) is 0 Å². The molecule has 0 aliphatic carbocycles. The van der Waals surface area contributed by atoms with Crippen LogP contribution in [0.1, 0.15) is 54.4 Å². The summed E-state index contributed by atoms with van der Waals surface area (Å²) in [5, 5.41) is 3.39. The summed E-state index contributed by atoms with van der Waals surface area (Å²) in [6.07, 6.45) is 7.63. The van der Waals surface area contributed by atoms with Gasteiger partial charge in [0.2, 0.25) is 5.91 Å². The summed E-state index contributed by atoms with van der Waals surface area (Å²) >= 11 is 0. The Kier molecular flexibility index (Phi) is 8.17. The lowest BCUT2D eigenvalue weighted by atomic mass is 9.94. The first-order chi connectivity index (χ1) is 14.5. The zero-order valence-electron chi connectivity index (χ0n) is 18.5. The number of hydrogen-bond donors (Lipinski definition) is 1. The minimum Gasteiger partial charge on any atom is -0.342 e. The molecule has 172 valence electrons. The van der Waals surface area contributed by atoms with Gasteiger partial charge < -0.3 is 19.7 Å². The Morgan fingerprint density at radius 1 is 1.03 bits per heavy atom. The zero-order chi connectivity index (χ0) is 21.1. The highest BCUT2D eigenvalue weighted by molar-refractivity contribution is 5.95. The molecule has 2 amide bonds. The molecule has 0 radical (unpaired) electrons. The average Bonchev–Trinajstić information content (AvgIpc) is 3.31. The third-order valence-electron chi connectivity index (χ3n) is 6.99. The summed E-state index contributed by atoms with van der Waals surface area (Å²) in [4.78, 5) is 42.7. The summed E-state index contributed by atoms with van der Waals surface area (Å²) in [6, 6.07) is 1.88. The van der Waals surface area contributed by atoms with Crippen molar-refractivity contribution in [3.05, 3.63) is 33.7 Å². The van der Waals surface area contributed by atoms with Crippen molar-refractivity contribution in [2.75, 3.05) is 39.3 Å². The van der Waals surface area contributed by atoms with E-state index < -0.39 is 0 Å². The molecule has 0 saturated carbocycles. The second-order valence-electron chi connectivity index (χ2n) is 9.14. The predicted octanol–water partition coefficient (Wildman–Crippen LogP) is 2.05. The number of nitrogens with zero attached hydrogens (tertiary/aromatic N) is 3. The van der Waals surface area contributed by atoms with Crippen molar-refractivity contribution in [1.82, 2.24) is 19.7 Å². The van der Waals surface area contributed by atoms with E-state index in [0.29, 0.717) is 44.0 Å². The number of pyridine rings is 1. The lowest BCUT2D eigenvalue weighted by molar-refractivity contribution is -0.135. The van der Waals surface area contributed by atoms with E-state index in [1.807, 2.05) is 24.1 Å². The molecule has 3 aliphatic rings. The number of aryl methyl sites for hydroxylation is 1. The van der Waals surface area contributed by atoms with Gasteiger partial charge in [0.05, 0.1) is 0 Å². The Hall–Kier alpha value is -1.86. The number of halogens is 1. The van der Waals surface area contributed by atoms with Crippen LogP contribution in [0.25, 0.3) is 0 Å². The first-order valence-electron chi connectivity index (χ1n) is 11.5. The molecule has 0 aromatic carbocycles. The van der Waals surface area contributed by atoms with Crippen LogP contribution in [0.3, 0.4) is 0 Å². The molecule has 3 saturated heterocycles. The summed E-state index contributed by atoms with van der Waals surface area (Å²) in [5.74, 6) is 0.508. The molecular weight excluding hydrogens is 416 g/mol. The summed E-state index contributed by atoms with van der Waals surface area (Å²) < 4.78 is 1.71. The van der Waals surface area contributed by atoms with Gasteiger partial charge in [-0.1, -0.05) is 0 Å². The highest BCUT2D eigenvalue weighted by atomic mass is 35.5. The molecule has 4 rings (SSSR count). The van der Waals surface area contributed by atoms with Gasteiger partial charge in [0.1, 0.15) is 5.56 Å². The number of piperidine rings is 2. The van der Waals surface area contributed by atoms with E-state index in [0.717, 1.165) is 57.4 Å². The van der Waals surface area contributed by atoms with Gasteiger partial charge in [-0.05, 0) is 76.1 Å². The summed E-state index contributed by atoms with van der Waals surface area (Å²) in [7, 11) is 0. The van der Waals surface area contributed by atoms with Crippen molar-refractivity contribution in [3.8, 4) is 0 Å². The van der Waals surface area contributed by atoms with Crippen LogP contribution in [-0.2, 0) is 11.3 Å². The Morgan fingerprint density at radius 2 is 1.74 bits per heavy atom. The normalized spacial score (nSPS) is 22.3. The topological polar surface area (TPSA) is 74.6 Å². The van der Waals surface area contributed by atoms with Gasteiger partial charge >= 0.3 is 0 Å². The zero-order valence-corrected chi connectivity index (χ0v) is 19.3. The molecule has 1 aromatic rings. The van der Waals surface area contributed by atoms with E-state index in [-0.39, 0.29) is 35.7 Å². The molecule has 31 heavy (non-hydrogen) atoms. The second-order valence-corrected chi connectivity index (χ2v) is 9.14. The Morgan fingerprint density at radius 3 is 2.39 bits per heavy atom. The summed E-state index contributed by atoms with van der Waals surface area (Å²) in [5.41, 5.74) is 0.852. The second kappa shape index (κ2) is 10.6. The molecule has 3 aliphatic heterocycles. The van der Waals surface area contributed by atoms with Gasteiger partial charge in [-0.15, -0.1) is 12.4 Å². The number of likely N-dealkylation sites (tertiary alicyclic amines) is 2. The van der Waals surface area contributed by atoms with Gasteiger partial charge in [0.25, 0.3) is 11.5 Å². The largest absolute Gasteiger partial charge is 0.342 e. The van der Waals surface area contributed by atoms with Crippen LogP contribution < -0.4 is 10.9 Å². The Balaban J connectivity index is 0.00000272.